The molecule has 0 atom stereocenters. The molecule has 1 fully saturated rings. The molecule has 2 aromatic rings. The monoisotopic (exact) mass is 390 g/mol. The molecule has 3 rings (SSSR count). The van der Waals surface area contributed by atoms with Gasteiger partial charge in [0, 0.05) is 5.02 Å². The Kier molecular flexibility index (Phi) is 6.12. The minimum Gasteiger partial charge on any atom is -0.337 e. The Labute approximate surface area is 161 Å². The summed E-state index contributed by atoms with van der Waals surface area (Å²) in [7, 11) is 0. The lowest BCUT2D eigenvalue weighted by Crippen LogP contribution is -2.47. The summed E-state index contributed by atoms with van der Waals surface area (Å²) in [5.74, 6) is -0.0266. The van der Waals surface area contributed by atoms with E-state index in [1.54, 1.807) is 28.9 Å². The van der Waals surface area contributed by atoms with Gasteiger partial charge >= 0.3 is 0 Å². The maximum Gasteiger partial charge on any atom is 0.231 e. The van der Waals surface area contributed by atoms with Gasteiger partial charge in [-0.05, 0) is 47.5 Å². The number of hydrogen-bond donors (Lipinski definition) is 1. The molecule has 1 aliphatic rings. The molecule has 0 unspecified atom stereocenters. The van der Waals surface area contributed by atoms with Crippen molar-refractivity contribution >= 4 is 29.3 Å². The Morgan fingerprint density at radius 1 is 1.27 bits per heavy atom. The lowest BCUT2D eigenvalue weighted by atomic mass is 9.92. The van der Waals surface area contributed by atoms with Crippen LogP contribution in [0.1, 0.15) is 38.5 Å². The number of nitrogens with zero attached hydrogens (tertiary/aromatic N) is 5. The van der Waals surface area contributed by atoms with Crippen molar-refractivity contribution in [3.63, 3.8) is 0 Å². The lowest BCUT2D eigenvalue weighted by Gasteiger charge is -2.26. The number of nitrogens with one attached hydrogen (secondary N) is 1. The summed E-state index contributed by atoms with van der Waals surface area (Å²) in [5, 5.41) is 25.2. The number of carbonyl (C=O) groups excluding carboxylic acids is 1. The highest BCUT2D eigenvalue weighted by molar-refractivity contribution is 7.99. The van der Waals surface area contributed by atoms with E-state index < -0.39 is 5.54 Å². The van der Waals surface area contributed by atoms with Gasteiger partial charge in [0.05, 0.1) is 17.5 Å². The van der Waals surface area contributed by atoms with Crippen LogP contribution in [0.4, 0.5) is 0 Å². The van der Waals surface area contributed by atoms with Crippen LogP contribution >= 0.6 is 23.4 Å². The van der Waals surface area contributed by atoms with E-state index >= 15 is 0 Å². The molecule has 136 valence electrons. The number of amides is 1. The zero-order valence-corrected chi connectivity index (χ0v) is 15.8. The molecule has 7 nitrogen and oxygen atoms in total. The first-order valence-electron chi connectivity index (χ1n) is 8.51. The normalized spacial score (nSPS) is 16.5. The molecule has 1 aromatic carbocycles. The number of carbonyl (C=O) groups is 1. The standard InChI is InChI=1S/C17H19ClN6OS/c18-13-5-7-14(8-6-13)24-16(21-22-23-24)26-11-15(25)20-17(12-19)9-3-1-2-4-10-17/h5-8H,1-4,9-11H2,(H,20,25). The van der Waals surface area contributed by atoms with Crippen LogP contribution in [0.15, 0.2) is 29.4 Å². The van der Waals surface area contributed by atoms with Crippen molar-refractivity contribution in [2.45, 2.75) is 49.2 Å². The second-order valence-electron chi connectivity index (χ2n) is 6.29. The molecule has 1 saturated carbocycles. The van der Waals surface area contributed by atoms with Crippen molar-refractivity contribution in [3.8, 4) is 11.8 Å². The molecule has 1 N–H and O–H groups in total. The summed E-state index contributed by atoms with van der Waals surface area (Å²) in [4.78, 5) is 12.4. The van der Waals surface area contributed by atoms with Crippen LogP contribution in [0.2, 0.25) is 5.02 Å². The number of halogens is 1. The van der Waals surface area contributed by atoms with Gasteiger partial charge < -0.3 is 5.32 Å². The maximum absolute atomic E-state index is 12.4. The Morgan fingerprint density at radius 3 is 2.62 bits per heavy atom. The highest BCUT2D eigenvalue weighted by Crippen LogP contribution is 2.27. The van der Waals surface area contributed by atoms with E-state index in [2.05, 4.69) is 26.9 Å². The molecule has 1 aliphatic carbocycles. The molecule has 0 radical (unpaired) electrons. The first-order valence-corrected chi connectivity index (χ1v) is 9.88. The predicted molar refractivity (Wildman–Crippen MR) is 99.1 cm³/mol. The highest BCUT2D eigenvalue weighted by atomic mass is 35.5. The minimum atomic E-state index is -0.740. The van der Waals surface area contributed by atoms with E-state index in [0.29, 0.717) is 23.0 Å². The number of tetrazole rings is 1. The summed E-state index contributed by atoms with van der Waals surface area (Å²) >= 11 is 7.14. The van der Waals surface area contributed by atoms with Gasteiger partial charge in [0.2, 0.25) is 11.1 Å². The van der Waals surface area contributed by atoms with Crippen molar-refractivity contribution in [3.05, 3.63) is 29.3 Å². The number of aromatic nitrogens is 4. The average Bonchev–Trinajstić information content (AvgIpc) is 2.99. The van der Waals surface area contributed by atoms with E-state index in [4.69, 9.17) is 11.6 Å². The van der Waals surface area contributed by atoms with Crippen molar-refractivity contribution < 1.29 is 4.79 Å². The third kappa shape index (κ3) is 4.54. The second-order valence-corrected chi connectivity index (χ2v) is 7.67. The molecule has 26 heavy (non-hydrogen) atoms. The fourth-order valence-electron chi connectivity index (χ4n) is 3.04. The van der Waals surface area contributed by atoms with E-state index in [9.17, 15) is 10.1 Å². The summed E-state index contributed by atoms with van der Waals surface area (Å²) in [6, 6.07) is 9.44. The molecule has 0 saturated heterocycles. The van der Waals surface area contributed by atoms with E-state index in [1.165, 1.54) is 11.8 Å². The third-order valence-electron chi connectivity index (χ3n) is 4.39. The summed E-state index contributed by atoms with van der Waals surface area (Å²) in [6.07, 6.45) is 5.59. The van der Waals surface area contributed by atoms with Gasteiger partial charge in [-0.15, -0.1) is 5.10 Å². The van der Waals surface area contributed by atoms with Gasteiger partial charge in [-0.1, -0.05) is 49.0 Å². The Balaban J connectivity index is 1.62. The topological polar surface area (TPSA) is 96.5 Å². The van der Waals surface area contributed by atoms with Crippen molar-refractivity contribution in [2.24, 2.45) is 0 Å². The van der Waals surface area contributed by atoms with Crippen LogP contribution in [0.5, 0.6) is 0 Å². The van der Waals surface area contributed by atoms with Gasteiger partial charge in [-0.2, -0.15) is 9.94 Å². The molecule has 9 heteroatoms. The van der Waals surface area contributed by atoms with Gasteiger partial charge in [0.1, 0.15) is 5.54 Å². The van der Waals surface area contributed by atoms with E-state index in [1.807, 2.05) is 0 Å². The molecule has 0 spiro atoms. The second kappa shape index (κ2) is 8.52. The van der Waals surface area contributed by atoms with Crippen LogP contribution in [0.25, 0.3) is 5.69 Å². The van der Waals surface area contributed by atoms with Crippen LogP contribution < -0.4 is 5.32 Å². The van der Waals surface area contributed by atoms with E-state index in [0.717, 1.165) is 31.4 Å². The Morgan fingerprint density at radius 2 is 1.96 bits per heavy atom. The predicted octanol–water partition coefficient (Wildman–Crippen LogP) is 3.14. The van der Waals surface area contributed by atoms with Crippen LogP contribution in [-0.4, -0.2) is 37.4 Å². The minimum absolute atomic E-state index is 0.150. The zero-order chi connectivity index (χ0) is 18.4. The largest absolute Gasteiger partial charge is 0.337 e. The summed E-state index contributed by atoms with van der Waals surface area (Å²) in [5.41, 5.74) is 0.0237. The number of nitriles is 1. The number of rotatable bonds is 5. The quantitative estimate of drug-likeness (QED) is 0.622. The number of thioether (sulfide) groups is 1. The zero-order valence-electron chi connectivity index (χ0n) is 14.2. The van der Waals surface area contributed by atoms with Crippen LogP contribution in [0, 0.1) is 11.3 Å². The molecule has 1 amide bonds. The van der Waals surface area contributed by atoms with Crippen molar-refractivity contribution in [1.82, 2.24) is 25.5 Å². The fourth-order valence-corrected chi connectivity index (χ4v) is 3.86. The first kappa shape index (κ1) is 18.7. The van der Waals surface area contributed by atoms with Crippen molar-refractivity contribution in [1.29, 1.82) is 5.26 Å². The molecular weight excluding hydrogens is 372 g/mol. The van der Waals surface area contributed by atoms with E-state index in [-0.39, 0.29) is 11.7 Å². The summed E-state index contributed by atoms with van der Waals surface area (Å²) < 4.78 is 1.56. The maximum atomic E-state index is 12.4. The van der Waals surface area contributed by atoms with Crippen LogP contribution in [-0.2, 0) is 4.79 Å². The highest BCUT2D eigenvalue weighted by Gasteiger charge is 2.32. The Hall–Kier alpha value is -2.11. The molecule has 1 heterocycles. The Bertz CT molecular complexity index is 792. The SMILES string of the molecule is N#CC1(NC(=O)CSc2nnnn2-c2ccc(Cl)cc2)CCCCCC1. The van der Waals surface area contributed by atoms with Gasteiger partial charge in [-0.25, -0.2) is 0 Å². The lowest BCUT2D eigenvalue weighted by molar-refractivity contribution is -0.120. The van der Waals surface area contributed by atoms with Gasteiger partial charge in [0.15, 0.2) is 0 Å². The average molecular weight is 391 g/mol. The smallest absolute Gasteiger partial charge is 0.231 e. The van der Waals surface area contributed by atoms with Gasteiger partial charge in [-0.3, -0.25) is 4.79 Å². The fraction of sp³-hybridized carbons (Fsp3) is 0.471. The number of benzene rings is 1. The number of hydrogen-bond acceptors (Lipinski definition) is 6. The summed E-state index contributed by atoms with van der Waals surface area (Å²) in [6.45, 7) is 0. The molecule has 1 aromatic heterocycles. The molecule has 0 bridgehead atoms. The van der Waals surface area contributed by atoms with Gasteiger partial charge in [0.25, 0.3) is 0 Å². The van der Waals surface area contributed by atoms with Crippen LogP contribution in [0.3, 0.4) is 0 Å². The first-order chi connectivity index (χ1) is 12.6. The molecular formula is C17H19ClN6OS. The molecule has 0 aliphatic heterocycles. The third-order valence-corrected chi connectivity index (χ3v) is 5.57. The van der Waals surface area contributed by atoms with Crippen molar-refractivity contribution in [2.75, 3.05) is 5.75 Å².